The van der Waals surface area contributed by atoms with E-state index in [0.29, 0.717) is 6.54 Å². The maximum Gasteiger partial charge on any atom is 0.319 e. The second-order valence-electron chi connectivity index (χ2n) is 5.48. The minimum absolute atomic E-state index is 0.0963. The van der Waals surface area contributed by atoms with E-state index in [0.717, 1.165) is 24.5 Å². The highest BCUT2D eigenvalue weighted by Gasteiger charge is 2.25. The van der Waals surface area contributed by atoms with Crippen LogP contribution in [0.5, 0.6) is 0 Å². The van der Waals surface area contributed by atoms with Crippen molar-refractivity contribution in [3.8, 4) is 0 Å². The molecule has 0 unspecified atom stereocenters. The molecule has 0 bridgehead atoms. The Morgan fingerprint density at radius 2 is 1.91 bits per heavy atom. The van der Waals surface area contributed by atoms with Crippen LogP contribution in [0.4, 0.5) is 10.5 Å². The second kappa shape index (κ2) is 7.13. The topological polar surface area (TPSA) is 57.5 Å². The van der Waals surface area contributed by atoms with Gasteiger partial charge in [-0.05, 0) is 50.2 Å². The average molecular weight is 299 g/mol. The van der Waals surface area contributed by atoms with Gasteiger partial charge in [-0.2, -0.15) is 0 Å². The van der Waals surface area contributed by atoms with E-state index in [9.17, 15) is 4.79 Å². The molecule has 1 aromatic heterocycles. The van der Waals surface area contributed by atoms with Gasteiger partial charge in [0, 0.05) is 12.2 Å². The molecule has 5 heteroatoms. The van der Waals surface area contributed by atoms with E-state index in [1.165, 1.54) is 12.8 Å². The van der Waals surface area contributed by atoms with Crippen molar-refractivity contribution in [2.24, 2.45) is 0 Å². The van der Waals surface area contributed by atoms with Crippen molar-refractivity contribution in [3.63, 3.8) is 0 Å². The van der Waals surface area contributed by atoms with Crippen LogP contribution in [-0.2, 0) is 0 Å². The highest BCUT2D eigenvalue weighted by Crippen LogP contribution is 2.24. The SMILES string of the molecule is O=C(NC[C@H](c1ccco1)N1CCCC1)Nc1ccccc1. The lowest BCUT2D eigenvalue weighted by Crippen LogP contribution is -2.38. The van der Waals surface area contributed by atoms with Crippen molar-refractivity contribution in [1.82, 2.24) is 10.2 Å². The van der Waals surface area contributed by atoms with Gasteiger partial charge in [-0.3, -0.25) is 4.90 Å². The van der Waals surface area contributed by atoms with E-state index < -0.39 is 0 Å². The van der Waals surface area contributed by atoms with E-state index >= 15 is 0 Å². The molecule has 2 amide bonds. The number of anilines is 1. The number of nitrogens with one attached hydrogen (secondary N) is 2. The van der Waals surface area contributed by atoms with Gasteiger partial charge < -0.3 is 15.1 Å². The van der Waals surface area contributed by atoms with Crippen molar-refractivity contribution < 1.29 is 9.21 Å². The summed E-state index contributed by atoms with van der Waals surface area (Å²) >= 11 is 0. The summed E-state index contributed by atoms with van der Waals surface area (Å²) in [7, 11) is 0. The lowest BCUT2D eigenvalue weighted by molar-refractivity contribution is 0.207. The van der Waals surface area contributed by atoms with Gasteiger partial charge in [0.15, 0.2) is 0 Å². The predicted octanol–water partition coefficient (Wildman–Crippen LogP) is 3.24. The zero-order valence-corrected chi connectivity index (χ0v) is 12.5. The lowest BCUT2D eigenvalue weighted by atomic mass is 10.2. The maximum atomic E-state index is 12.0. The van der Waals surface area contributed by atoms with E-state index in [2.05, 4.69) is 15.5 Å². The standard InChI is InChI=1S/C17H21N3O2/c21-17(19-14-7-2-1-3-8-14)18-13-15(16-9-6-12-22-16)20-10-4-5-11-20/h1-3,6-9,12,15H,4-5,10-11,13H2,(H2,18,19,21)/t15-/m1/s1. The molecular weight excluding hydrogens is 278 g/mol. The van der Waals surface area contributed by atoms with Gasteiger partial charge in [-0.15, -0.1) is 0 Å². The van der Waals surface area contributed by atoms with Crippen LogP contribution in [0.15, 0.2) is 53.1 Å². The quantitative estimate of drug-likeness (QED) is 0.891. The molecular formula is C17H21N3O2. The number of benzene rings is 1. The number of carbonyl (C=O) groups excluding carboxylic acids is 1. The molecule has 3 rings (SSSR count). The zero-order valence-electron chi connectivity index (χ0n) is 12.5. The summed E-state index contributed by atoms with van der Waals surface area (Å²) < 4.78 is 5.55. The Morgan fingerprint density at radius 1 is 1.14 bits per heavy atom. The van der Waals surface area contributed by atoms with Crippen molar-refractivity contribution in [2.45, 2.75) is 18.9 Å². The maximum absolute atomic E-state index is 12.0. The molecule has 1 saturated heterocycles. The van der Waals surface area contributed by atoms with Crippen molar-refractivity contribution in [3.05, 3.63) is 54.5 Å². The predicted molar refractivity (Wildman–Crippen MR) is 85.7 cm³/mol. The molecule has 1 aromatic carbocycles. The highest BCUT2D eigenvalue weighted by molar-refractivity contribution is 5.89. The largest absolute Gasteiger partial charge is 0.468 e. The number of hydrogen-bond donors (Lipinski definition) is 2. The number of rotatable bonds is 5. The Bertz CT molecular complexity index is 577. The van der Waals surface area contributed by atoms with Crippen LogP contribution >= 0.6 is 0 Å². The van der Waals surface area contributed by atoms with Gasteiger partial charge in [0.2, 0.25) is 0 Å². The Balaban J connectivity index is 1.58. The third-order valence-electron chi connectivity index (χ3n) is 3.94. The van der Waals surface area contributed by atoms with Crippen molar-refractivity contribution in [2.75, 3.05) is 25.0 Å². The van der Waals surface area contributed by atoms with Crippen LogP contribution in [0.1, 0.15) is 24.6 Å². The molecule has 1 atom stereocenters. The first-order chi connectivity index (χ1) is 10.8. The molecule has 5 nitrogen and oxygen atoms in total. The zero-order chi connectivity index (χ0) is 15.2. The molecule has 1 aliphatic rings. The van der Waals surface area contributed by atoms with Gasteiger partial charge in [0.1, 0.15) is 5.76 Å². The normalized spacial score (nSPS) is 16.4. The fourth-order valence-electron chi connectivity index (χ4n) is 2.83. The van der Waals surface area contributed by atoms with E-state index in [1.54, 1.807) is 6.26 Å². The Kier molecular flexibility index (Phi) is 4.75. The summed E-state index contributed by atoms with van der Waals surface area (Å²) in [4.78, 5) is 14.4. The minimum atomic E-state index is -0.193. The monoisotopic (exact) mass is 299 g/mol. The summed E-state index contributed by atoms with van der Waals surface area (Å²) in [5.41, 5.74) is 0.788. The third kappa shape index (κ3) is 3.68. The van der Waals surface area contributed by atoms with Gasteiger partial charge in [-0.25, -0.2) is 4.79 Å². The minimum Gasteiger partial charge on any atom is -0.468 e. The van der Waals surface area contributed by atoms with Crippen LogP contribution in [0.25, 0.3) is 0 Å². The molecule has 1 fully saturated rings. The Hall–Kier alpha value is -2.27. The van der Waals surface area contributed by atoms with E-state index in [1.807, 2.05) is 42.5 Å². The van der Waals surface area contributed by atoms with Gasteiger partial charge >= 0.3 is 6.03 Å². The molecule has 1 aliphatic heterocycles. The van der Waals surface area contributed by atoms with Crippen LogP contribution < -0.4 is 10.6 Å². The summed E-state index contributed by atoms with van der Waals surface area (Å²) in [6.07, 6.45) is 4.09. The second-order valence-corrected chi connectivity index (χ2v) is 5.48. The molecule has 22 heavy (non-hydrogen) atoms. The first kappa shape index (κ1) is 14.7. The van der Waals surface area contributed by atoms with E-state index in [-0.39, 0.29) is 12.1 Å². The Labute approximate surface area is 130 Å². The molecule has 0 saturated carbocycles. The summed E-state index contributed by atoms with van der Waals surface area (Å²) in [6, 6.07) is 13.2. The number of hydrogen-bond acceptors (Lipinski definition) is 3. The molecule has 0 spiro atoms. The molecule has 0 radical (unpaired) electrons. The number of furan rings is 1. The van der Waals surface area contributed by atoms with Crippen LogP contribution in [0.3, 0.4) is 0 Å². The van der Waals surface area contributed by atoms with Gasteiger partial charge in [0.25, 0.3) is 0 Å². The van der Waals surface area contributed by atoms with Gasteiger partial charge in [0.05, 0.1) is 12.3 Å². The van der Waals surface area contributed by atoms with Crippen molar-refractivity contribution >= 4 is 11.7 Å². The number of likely N-dealkylation sites (tertiary alicyclic amines) is 1. The van der Waals surface area contributed by atoms with Crippen molar-refractivity contribution in [1.29, 1.82) is 0 Å². The molecule has 2 N–H and O–H groups in total. The summed E-state index contributed by atoms with van der Waals surface area (Å²) in [5, 5.41) is 5.78. The average Bonchev–Trinajstić information content (AvgIpc) is 3.22. The van der Waals surface area contributed by atoms with Gasteiger partial charge in [-0.1, -0.05) is 18.2 Å². The van der Waals surface area contributed by atoms with Crippen LogP contribution in [0, 0.1) is 0 Å². The fourth-order valence-corrected chi connectivity index (χ4v) is 2.83. The number of para-hydroxylation sites is 1. The van der Waals surface area contributed by atoms with Crippen LogP contribution in [0.2, 0.25) is 0 Å². The summed E-state index contributed by atoms with van der Waals surface area (Å²) in [6.45, 7) is 2.63. The highest BCUT2D eigenvalue weighted by atomic mass is 16.3. The molecule has 2 aromatic rings. The first-order valence-electron chi connectivity index (χ1n) is 7.70. The Morgan fingerprint density at radius 3 is 2.59 bits per heavy atom. The smallest absolute Gasteiger partial charge is 0.319 e. The van der Waals surface area contributed by atoms with E-state index in [4.69, 9.17) is 4.42 Å². The first-order valence-corrected chi connectivity index (χ1v) is 7.70. The lowest BCUT2D eigenvalue weighted by Gasteiger charge is -2.26. The van der Waals surface area contributed by atoms with Crippen LogP contribution in [-0.4, -0.2) is 30.6 Å². The molecule has 116 valence electrons. The third-order valence-corrected chi connectivity index (χ3v) is 3.94. The molecule has 2 heterocycles. The fraction of sp³-hybridized carbons (Fsp3) is 0.353. The number of amides is 2. The number of nitrogens with zero attached hydrogens (tertiary/aromatic N) is 1. The number of carbonyl (C=O) groups is 1. The molecule has 0 aliphatic carbocycles. The number of urea groups is 1. The summed E-state index contributed by atoms with van der Waals surface area (Å²) in [5.74, 6) is 0.905.